The summed E-state index contributed by atoms with van der Waals surface area (Å²) in [6.07, 6.45) is 7.71. The van der Waals surface area contributed by atoms with Crippen LogP contribution in [0.4, 0.5) is 0 Å². The van der Waals surface area contributed by atoms with Crippen LogP contribution >= 0.6 is 0 Å². The van der Waals surface area contributed by atoms with Gasteiger partial charge in [-0.25, -0.2) is 4.98 Å². The minimum absolute atomic E-state index is 0. The summed E-state index contributed by atoms with van der Waals surface area (Å²) in [4.78, 5) is 3.56. The first-order valence-electron chi connectivity index (χ1n) is 2.62. The number of rotatable bonds is 0. The minimum atomic E-state index is 0. The molecule has 0 atom stereocenters. The second-order valence-electron chi connectivity index (χ2n) is 1.34. The van der Waals surface area contributed by atoms with Gasteiger partial charge in [-0.2, -0.15) is 0 Å². The normalized spacial score (nSPS) is 7.27. The Hall–Kier alpha value is -0.728. The van der Waals surface area contributed by atoms with Gasteiger partial charge in [-0.15, -0.1) is 5.10 Å². The van der Waals surface area contributed by atoms with Crippen LogP contribution in [-0.4, -0.2) is 47.7 Å². The molecule has 0 amide bonds. The largest absolute Gasteiger partial charge is 0.452 e. The van der Waals surface area contributed by atoms with Gasteiger partial charge in [0, 0.05) is 6.20 Å². The van der Waals surface area contributed by atoms with Crippen LogP contribution in [0.1, 0.15) is 0 Å². The van der Waals surface area contributed by atoms with E-state index in [9.17, 15) is 0 Å². The van der Waals surface area contributed by atoms with Gasteiger partial charge < -0.3 is 4.42 Å². The number of nitrogens with one attached hydrogen (secondary N) is 1. The fourth-order valence-corrected chi connectivity index (χ4v) is 0.342. The zero-order valence-corrected chi connectivity index (χ0v) is 11.3. The fraction of sp³-hybridized carbons (Fsp3) is 0. The Bertz CT molecular complexity index is 158. The van der Waals surface area contributed by atoms with Gasteiger partial charge in [-0.05, 0) is 0 Å². The molecule has 2 rings (SSSR count). The number of H-pyrrole nitrogens is 1. The molecule has 0 saturated heterocycles. The van der Waals surface area contributed by atoms with Gasteiger partial charge in [-0.3, -0.25) is 5.10 Å². The molecule has 2 aromatic heterocycles. The summed E-state index contributed by atoms with van der Waals surface area (Å²) in [7, 11) is 0. The molecule has 2 heterocycles. The number of aromatic nitrogens is 4. The molecule has 2 aromatic rings. The Morgan fingerprint density at radius 2 is 2.18 bits per heavy atom. The first-order valence-corrected chi connectivity index (χ1v) is 2.62. The monoisotopic (exact) mass is 348 g/mol. The molecule has 1 N–H and O–H groups in total. The third-order valence-electron chi connectivity index (χ3n) is 0.678. The van der Waals surface area contributed by atoms with Crippen molar-refractivity contribution in [3.05, 3.63) is 31.2 Å². The first kappa shape index (κ1) is 10.3. The quantitative estimate of drug-likeness (QED) is 0.657. The average Bonchev–Trinajstić information content (AvgIpc) is 2.67. The summed E-state index contributed by atoms with van der Waals surface area (Å²) >= 11 is 0. The van der Waals surface area contributed by atoms with Gasteiger partial charge in [0.2, 0.25) is 0 Å². The standard InChI is InChI=1S/C3H3NO.C2H3N3.Pb.2H/c1-2-5-3-4-1;1-2-4-5-3-1;;;/h1-3H;1-2H,(H,3,4,5);;;. The molecule has 0 saturated carbocycles. The third kappa shape index (κ3) is 5.70. The van der Waals surface area contributed by atoms with Gasteiger partial charge in [0.15, 0.2) is 6.39 Å². The van der Waals surface area contributed by atoms with E-state index in [1.54, 1.807) is 18.6 Å². The molecule has 0 aliphatic heterocycles. The summed E-state index contributed by atoms with van der Waals surface area (Å²) in [6, 6.07) is 0. The van der Waals surface area contributed by atoms with E-state index in [1.807, 2.05) is 0 Å². The van der Waals surface area contributed by atoms with Crippen molar-refractivity contribution in [1.29, 1.82) is 0 Å². The Balaban J connectivity index is 0.000000167. The van der Waals surface area contributed by atoms with Crippen molar-refractivity contribution in [2.24, 2.45) is 0 Å². The molecular weight excluding hydrogens is 339 g/mol. The first-order chi connectivity index (χ1) is 5.00. The molecule has 2 radical (unpaired) electrons. The van der Waals surface area contributed by atoms with Gasteiger partial charge in [0.1, 0.15) is 6.26 Å². The molecule has 0 unspecified atom stereocenters. The predicted octanol–water partition coefficient (Wildman–Crippen LogP) is -0.437. The Kier molecular flexibility index (Phi) is 6.89. The maximum atomic E-state index is 4.47. The van der Waals surface area contributed by atoms with Crippen molar-refractivity contribution >= 4 is 27.3 Å². The van der Waals surface area contributed by atoms with E-state index in [0.717, 1.165) is 0 Å². The van der Waals surface area contributed by atoms with E-state index in [-0.39, 0.29) is 27.3 Å². The van der Waals surface area contributed by atoms with Crippen LogP contribution in [-0.2, 0) is 0 Å². The summed E-state index contributed by atoms with van der Waals surface area (Å²) in [5.74, 6) is 0. The molecule has 0 aliphatic rings. The van der Waals surface area contributed by atoms with Crippen LogP contribution < -0.4 is 0 Å². The summed E-state index contributed by atoms with van der Waals surface area (Å²) in [5, 5.41) is 9.26. The second kappa shape index (κ2) is 7.38. The third-order valence-corrected chi connectivity index (χ3v) is 0.678. The van der Waals surface area contributed by atoms with E-state index in [2.05, 4.69) is 24.8 Å². The Labute approximate surface area is 83.4 Å². The number of aromatic amines is 1. The van der Waals surface area contributed by atoms with Crippen LogP contribution in [0, 0.1) is 0 Å². The van der Waals surface area contributed by atoms with Crippen molar-refractivity contribution in [3.8, 4) is 0 Å². The molecule has 0 aromatic carbocycles. The summed E-state index contributed by atoms with van der Waals surface area (Å²) < 4.78 is 4.47. The van der Waals surface area contributed by atoms with Gasteiger partial charge in [0.05, 0.1) is 12.4 Å². The van der Waals surface area contributed by atoms with E-state index >= 15 is 0 Å². The van der Waals surface area contributed by atoms with E-state index in [1.165, 1.54) is 12.7 Å². The van der Waals surface area contributed by atoms with Crippen LogP contribution in [0.15, 0.2) is 35.7 Å². The van der Waals surface area contributed by atoms with Crippen molar-refractivity contribution in [2.45, 2.75) is 0 Å². The van der Waals surface area contributed by atoms with Gasteiger partial charge in [0.25, 0.3) is 0 Å². The van der Waals surface area contributed by atoms with Gasteiger partial charge >= 0.3 is 27.3 Å². The zero-order chi connectivity index (χ0) is 7.07. The smallest absolute Gasteiger partial charge is 0.180 e. The van der Waals surface area contributed by atoms with Gasteiger partial charge in [-0.1, -0.05) is 5.21 Å². The maximum Gasteiger partial charge on any atom is 0.180 e. The van der Waals surface area contributed by atoms with Crippen LogP contribution in [0.3, 0.4) is 0 Å². The summed E-state index contributed by atoms with van der Waals surface area (Å²) in [6.45, 7) is 0. The van der Waals surface area contributed by atoms with Crippen molar-refractivity contribution in [1.82, 2.24) is 20.4 Å². The van der Waals surface area contributed by atoms with Crippen molar-refractivity contribution in [3.63, 3.8) is 0 Å². The Morgan fingerprint density at radius 3 is 2.36 bits per heavy atom. The minimum Gasteiger partial charge on any atom is -0.452 e. The molecule has 0 fully saturated rings. The number of hydrogen-bond donors (Lipinski definition) is 1. The predicted molar refractivity (Wildman–Crippen MR) is 41.4 cm³/mol. The molecule has 0 bridgehead atoms. The zero-order valence-electron chi connectivity index (χ0n) is 5.84. The summed E-state index contributed by atoms with van der Waals surface area (Å²) in [5.41, 5.74) is 0. The molecular formula is C5H8N4OPb. The molecule has 0 spiro atoms. The molecule has 0 aliphatic carbocycles. The molecule has 11 heavy (non-hydrogen) atoms. The molecule has 58 valence electrons. The van der Waals surface area contributed by atoms with Crippen molar-refractivity contribution < 1.29 is 4.42 Å². The molecule has 5 nitrogen and oxygen atoms in total. The van der Waals surface area contributed by atoms with Crippen molar-refractivity contribution in [2.75, 3.05) is 0 Å². The van der Waals surface area contributed by atoms with Crippen LogP contribution in [0.5, 0.6) is 0 Å². The second-order valence-corrected chi connectivity index (χ2v) is 1.34. The van der Waals surface area contributed by atoms with Crippen LogP contribution in [0.2, 0.25) is 0 Å². The van der Waals surface area contributed by atoms with E-state index in [0.29, 0.717) is 0 Å². The van der Waals surface area contributed by atoms with E-state index in [4.69, 9.17) is 0 Å². The SMILES string of the molecule is [PbH2].c1c[nH]nn1.c1cocn1. The average molecular weight is 347 g/mol. The number of hydrogen-bond acceptors (Lipinski definition) is 4. The Morgan fingerprint density at radius 1 is 1.27 bits per heavy atom. The van der Waals surface area contributed by atoms with Crippen LogP contribution in [0.25, 0.3) is 0 Å². The molecule has 6 heteroatoms. The topological polar surface area (TPSA) is 67.6 Å². The number of nitrogens with zero attached hydrogens (tertiary/aromatic N) is 3. The maximum absolute atomic E-state index is 4.47. The number of oxazole rings is 1. The fourth-order valence-electron chi connectivity index (χ4n) is 0.342. The van der Waals surface area contributed by atoms with E-state index < -0.39 is 0 Å².